The molecule has 0 radical (unpaired) electrons. The Bertz CT molecular complexity index is 526. The lowest BCUT2D eigenvalue weighted by Crippen LogP contribution is -2.59. The smallest absolute Gasteiger partial charge is 0.270 e. The summed E-state index contributed by atoms with van der Waals surface area (Å²) in [6.45, 7) is 6.08. The van der Waals surface area contributed by atoms with E-state index < -0.39 is 4.92 Å². The fourth-order valence-corrected chi connectivity index (χ4v) is 2.29. The number of hydrogen-bond donors (Lipinski definition) is 1. The van der Waals surface area contributed by atoms with Crippen molar-refractivity contribution in [2.24, 2.45) is 0 Å². The second-order valence-corrected chi connectivity index (χ2v) is 5.07. The summed E-state index contributed by atoms with van der Waals surface area (Å²) in [6.07, 6.45) is 0.871. The molecule has 1 aliphatic heterocycles. The van der Waals surface area contributed by atoms with Gasteiger partial charge < -0.3 is 10.2 Å². The predicted octanol–water partition coefficient (Wildman–Crippen LogP) is 1.73. The van der Waals surface area contributed by atoms with E-state index in [0.29, 0.717) is 12.1 Å². The number of hydrogen-bond acceptors (Lipinski definition) is 4. The number of carbonyl (C=O) groups excluding carboxylic acids is 1. The molecule has 1 fully saturated rings. The van der Waals surface area contributed by atoms with Crippen molar-refractivity contribution in [3.63, 3.8) is 0 Å². The van der Waals surface area contributed by atoms with Crippen LogP contribution < -0.4 is 5.32 Å². The first kappa shape index (κ1) is 14.5. The minimum absolute atomic E-state index is 0.0397. The number of nitrogens with zero attached hydrogens (tertiary/aromatic N) is 2. The number of nitro groups is 1. The molecule has 1 N–H and O–H groups in total. The molecule has 1 aliphatic rings. The van der Waals surface area contributed by atoms with Gasteiger partial charge in [0, 0.05) is 37.3 Å². The zero-order valence-electron chi connectivity index (χ0n) is 11.8. The molecule has 0 bridgehead atoms. The van der Waals surface area contributed by atoms with Crippen molar-refractivity contribution in [3.05, 3.63) is 39.4 Å². The molecule has 20 heavy (non-hydrogen) atoms. The number of nitrogens with one attached hydrogen (secondary N) is 1. The fourth-order valence-electron chi connectivity index (χ4n) is 2.29. The third kappa shape index (κ3) is 2.80. The highest BCUT2D eigenvalue weighted by Crippen LogP contribution is 2.20. The number of amides is 1. The van der Waals surface area contributed by atoms with E-state index in [-0.39, 0.29) is 17.6 Å². The molecule has 108 valence electrons. The zero-order valence-corrected chi connectivity index (χ0v) is 11.8. The van der Waals surface area contributed by atoms with Crippen molar-refractivity contribution < 1.29 is 9.72 Å². The first-order valence-electron chi connectivity index (χ1n) is 6.81. The van der Waals surface area contributed by atoms with Crippen LogP contribution in [0, 0.1) is 17.0 Å². The molecule has 0 saturated carbocycles. The van der Waals surface area contributed by atoms with Crippen LogP contribution in [0.3, 0.4) is 0 Å². The molecule has 0 atom stereocenters. The highest BCUT2D eigenvalue weighted by molar-refractivity contribution is 5.96. The van der Waals surface area contributed by atoms with Crippen molar-refractivity contribution in [2.75, 3.05) is 19.6 Å². The average molecular weight is 277 g/mol. The van der Waals surface area contributed by atoms with Gasteiger partial charge >= 0.3 is 0 Å². The van der Waals surface area contributed by atoms with Crippen molar-refractivity contribution in [1.29, 1.82) is 0 Å². The molecule has 6 heteroatoms. The summed E-state index contributed by atoms with van der Waals surface area (Å²) in [4.78, 5) is 24.8. The SMILES string of the molecule is CCCN(C(=O)c1cc([N+](=O)[O-])ccc1C)C1CNC1. The van der Waals surface area contributed by atoms with E-state index in [1.807, 2.05) is 11.8 Å². The van der Waals surface area contributed by atoms with Gasteiger partial charge in [0.05, 0.1) is 11.0 Å². The van der Waals surface area contributed by atoms with Crippen molar-refractivity contribution >= 4 is 11.6 Å². The maximum absolute atomic E-state index is 12.6. The lowest BCUT2D eigenvalue weighted by molar-refractivity contribution is -0.384. The molecule has 1 aromatic rings. The number of nitro benzene ring substituents is 1. The molecule has 1 saturated heterocycles. The number of rotatable bonds is 5. The van der Waals surface area contributed by atoms with Crippen LogP contribution in [0.25, 0.3) is 0 Å². The average Bonchev–Trinajstić information content (AvgIpc) is 2.35. The summed E-state index contributed by atoms with van der Waals surface area (Å²) in [7, 11) is 0. The Morgan fingerprint density at radius 1 is 1.50 bits per heavy atom. The van der Waals surface area contributed by atoms with Crippen LogP contribution in [-0.2, 0) is 0 Å². The van der Waals surface area contributed by atoms with Gasteiger partial charge in [0.25, 0.3) is 11.6 Å². The Hall–Kier alpha value is -1.95. The third-order valence-corrected chi connectivity index (χ3v) is 3.59. The van der Waals surface area contributed by atoms with Gasteiger partial charge in [0.15, 0.2) is 0 Å². The minimum atomic E-state index is -0.467. The van der Waals surface area contributed by atoms with Crippen LogP contribution in [0.2, 0.25) is 0 Å². The van der Waals surface area contributed by atoms with Gasteiger partial charge in [-0.3, -0.25) is 14.9 Å². The van der Waals surface area contributed by atoms with Gasteiger partial charge in [-0.25, -0.2) is 0 Å². The Morgan fingerprint density at radius 3 is 2.70 bits per heavy atom. The summed E-state index contributed by atoms with van der Waals surface area (Å²) < 4.78 is 0. The minimum Gasteiger partial charge on any atom is -0.333 e. The number of aryl methyl sites for hydroxylation is 1. The van der Waals surface area contributed by atoms with E-state index in [9.17, 15) is 14.9 Å². The monoisotopic (exact) mass is 277 g/mol. The maximum Gasteiger partial charge on any atom is 0.270 e. The summed E-state index contributed by atoms with van der Waals surface area (Å²) in [5.41, 5.74) is 1.16. The topological polar surface area (TPSA) is 75.5 Å². The van der Waals surface area contributed by atoms with Gasteiger partial charge in [-0.05, 0) is 18.9 Å². The summed E-state index contributed by atoms with van der Waals surface area (Å²) in [5, 5.41) is 14.0. The van der Waals surface area contributed by atoms with Crippen molar-refractivity contribution in [3.8, 4) is 0 Å². The predicted molar refractivity (Wildman–Crippen MR) is 75.8 cm³/mol. The van der Waals surface area contributed by atoms with Crippen LogP contribution in [-0.4, -0.2) is 41.4 Å². The zero-order chi connectivity index (χ0) is 14.7. The summed E-state index contributed by atoms with van der Waals surface area (Å²) >= 11 is 0. The molecule has 1 aromatic carbocycles. The molecule has 1 heterocycles. The van der Waals surface area contributed by atoms with Crippen LogP contribution in [0.15, 0.2) is 18.2 Å². The molecule has 1 amide bonds. The molecule has 2 rings (SSSR count). The molecule has 0 unspecified atom stereocenters. The first-order valence-corrected chi connectivity index (χ1v) is 6.81. The van der Waals surface area contributed by atoms with Gasteiger partial charge in [-0.2, -0.15) is 0 Å². The second-order valence-electron chi connectivity index (χ2n) is 5.07. The van der Waals surface area contributed by atoms with E-state index in [1.54, 1.807) is 13.0 Å². The molecule has 0 spiro atoms. The Balaban J connectivity index is 2.30. The maximum atomic E-state index is 12.6. The largest absolute Gasteiger partial charge is 0.333 e. The van der Waals surface area contributed by atoms with Crippen LogP contribution >= 0.6 is 0 Å². The highest BCUT2D eigenvalue weighted by Gasteiger charge is 2.29. The van der Waals surface area contributed by atoms with E-state index in [0.717, 1.165) is 25.1 Å². The fraction of sp³-hybridized carbons (Fsp3) is 0.500. The Morgan fingerprint density at radius 2 is 2.20 bits per heavy atom. The molecule has 0 aliphatic carbocycles. The lowest BCUT2D eigenvalue weighted by Gasteiger charge is -2.38. The van der Waals surface area contributed by atoms with Crippen molar-refractivity contribution in [1.82, 2.24) is 10.2 Å². The molecular formula is C14H19N3O3. The van der Waals surface area contributed by atoms with Gasteiger partial charge in [0.1, 0.15) is 0 Å². The standard InChI is InChI=1S/C14H19N3O3/c1-3-6-16(12-8-15-9-12)14(18)13-7-11(17(19)20)5-4-10(13)2/h4-5,7,12,15H,3,6,8-9H2,1-2H3. The van der Waals surface area contributed by atoms with Gasteiger partial charge in [-0.15, -0.1) is 0 Å². The summed E-state index contributed by atoms with van der Waals surface area (Å²) in [5.74, 6) is -0.112. The van der Waals surface area contributed by atoms with Crippen molar-refractivity contribution in [2.45, 2.75) is 26.3 Å². The lowest BCUT2D eigenvalue weighted by atomic mass is 10.0. The highest BCUT2D eigenvalue weighted by atomic mass is 16.6. The van der Waals surface area contributed by atoms with Gasteiger partial charge in [0.2, 0.25) is 0 Å². The van der Waals surface area contributed by atoms with E-state index in [4.69, 9.17) is 0 Å². The Labute approximate surface area is 117 Å². The normalized spacial score (nSPS) is 14.7. The Kier molecular flexibility index (Phi) is 4.34. The first-order chi connectivity index (χ1) is 9.54. The second kappa shape index (κ2) is 6.00. The van der Waals surface area contributed by atoms with Crippen LogP contribution in [0.5, 0.6) is 0 Å². The van der Waals surface area contributed by atoms with Crippen LogP contribution in [0.1, 0.15) is 29.3 Å². The van der Waals surface area contributed by atoms with Crippen LogP contribution in [0.4, 0.5) is 5.69 Å². The van der Waals surface area contributed by atoms with E-state index in [2.05, 4.69) is 5.32 Å². The number of carbonyl (C=O) groups is 1. The van der Waals surface area contributed by atoms with E-state index in [1.165, 1.54) is 12.1 Å². The summed E-state index contributed by atoms with van der Waals surface area (Å²) in [6, 6.07) is 4.64. The van der Waals surface area contributed by atoms with Gasteiger partial charge in [-0.1, -0.05) is 13.0 Å². The molecule has 6 nitrogen and oxygen atoms in total. The number of benzene rings is 1. The third-order valence-electron chi connectivity index (χ3n) is 3.59. The number of non-ortho nitro benzene ring substituents is 1. The van der Waals surface area contributed by atoms with E-state index >= 15 is 0 Å². The molecule has 0 aromatic heterocycles. The quantitative estimate of drug-likeness (QED) is 0.657. The molecular weight excluding hydrogens is 258 g/mol.